The van der Waals surface area contributed by atoms with Gasteiger partial charge < -0.3 is 39.8 Å². The molecule has 10 heteroatoms. The quantitative estimate of drug-likeness (QED) is 0.0657. The Morgan fingerprint density at radius 1 is 1.15 bits per heavy atom. The zero-order chi connectivity index (χ0) is 15.5. The molecule has 6 N–H and O–H groups in total. The molecule has 0 rings (SSSR count). The molecule has 0 heterocycles. The van der Waals surface area contributed by atoms with Gasteiger partial charge in [-0.1, -0.05) is 5.92 Å². The molecule has 4 atom stereocenters. The maximum absolute atomic E-state index is 9.53. The molecule has 0 aromatic rings. The molecule has 0 fully saturated rings. The van der Waals surface area contributed by atoms with Crippen molar-refractivity contribution in [2.24, 2.45) is 0 Å². The largest absolute Gasteiger partial charge is 0.388 e. The summed E-state index contributed by atoms with van der Waals surface area (Å²) in [5, 5.41) is 37.9. The van der Waals surface area contributed by atoms with Gasteiger partial charge >= 0.3 is 8.60 Å². The van der Waals surface area contributed by atoms with Crippen LogP contribution in [0.4, 0.5) is 0 Å². The van der Waals surface area contributed by atoms with E-state index in [2.05, 4.69) is 15.5 Å². The first kappa shape index (κ1) is 19.2. The molecule has 0 aliphatic carbocycles. The predicted octanol–water partition coefficient (Wildman–Crippen LogP) is -2.25. The Kier molecular flexibility index (Phi) is 10.5. The predicted molar refractivity (Wildman–Crippen MR) is 66.3 cm³/mol. The van der Waals surface area contributed by atoms with E-state index in [1.54, 1.807) is 0 Å². The van der Waals surface area contributed by atoms with E-state index in [4.69, 9.17) is 20.9 Å². The molecular formula is C10H17O9P. The van der Waals surface area contributed by atoms with Crippen molar-refractivity contribution in [1.82, 2.24) is 0 Å². The second-order valence-corrected chi connectivity index (χ2v) is 4.16. The molecule has 0 saturated carbocycles. The molecule has 0 bridgehead atoms. The topological polar surface area (TPSA) is 149 Å². The van der Waals surface area contributed by atoms with E-state index in [-0.39, 0.29) is 13.2 Å². The highest BCUT2D eigenvalue weighted by Crippen LogP contribution is 2.24. The van der Waals surface area contributed by atoms with Crippen molar-refractivity contribution in [3.63, 3.8) is 0 Å². The second kappa shape index (κ2) is 10.9. The van der Waals surface area contributed by atoms with E-state index in [0.717, 1.165) is 12.3 Å². The van der Waals surface area contributed by atoms with E-state index < -0.39 is 33.0 Å². The van der Waals surface area contributed by atoms with Crippen molar-refractivity contribution in [2.75, 3.05) is 13.2 Å². The third kappa shape index (κ3) is 8.39. The van der Waals surface area contributed by atoms with Crippen molar-refractivity contribution in [2.45, 2.75) is 24.4 Å². The molecule has 0 amide bonds. The standard InChI is InChI=1S/C10H17O9P/c1-2-4-17-6-8(12)10(14)9(13)7(11)3-5-18-19-20(15)16/h1,3,5,7-16H,4,6H2/b5-3+/t7-,8?,9?,10?/m0/s1. The molecular weight excluding hydrogens is 295 g/mol. The van der Waals surface area contributed by atoms with Crippen LogP contribution in [0.2, 0.25) is 0 Å². The molecule has 3 unspecified atom stereocenters. The van der Waals surface area contributed by atoms with Gasteiger partial charge in [-0.05, 0) is 6.08 Å². The van der Waals surface area contributed by atoms with Crippen molar-refractivity contribution in [1.29, 1.82) is 0 Å². The summed E-state index contributed by atoms with van der Waals surface area (Å²) in [6.45, 7) is -0.392. The fourth-order valence-electron chi connectivity index (χ4n) is 1.06. The first-order chi connectivity index (χ1) is 9.40. The van der Waals surface area contributed by atoms with Gasteiger partial charge in [0.15, 0.2) is 0 Å². The molecule has 0 saturated heterocycles. The lowest BCUT2D eigenvalue weighted by Gasteiger charge is -2.24. The van der Waals surface area contributed by atoms with Gasteiger partial charge in [0, 0.05) is 0 Å². The molecule has 0 aliphatic heterocycles. The van der Waals surface area contributed by atoms with E-state index >= 15 is 0 Å². The summed E-state index contributed by atoms with van der Waals surface area (Å²) < 4.78 is 8.66. The monoisotopic (exact) mass is 312 g/mol. The normalized spacial score (nSPS) is 17.7. The van der Waals surface area contributed by atoms with Crippen LogP contribution in [0.5, 0.6) is 0 Å². The van der Waals surface area contributed by atoms with Gasteiger partial charge in [0.25, 0.3) is 0 Å². The second-order valence-electron chi connectivity index (χ2n) is 3.51. The average Bonchev–Trinajstić information content (AvgIpc) is 2.41. The van der Waals surface area contributed by atoms with Gasteiger partial charge in [0.2, 0.25) is 0 Å². The summed E-state index contributed by atoms with van der Waals surface area (Å²) in [5.74, 6) is 2.15. The Balaban J connectivity index is 4.13. The summed E-state index contributed by atoms with van der Waals surface area (Å²) in [7, 11) is -2.72. The minimum atomic E-state index is -2.72. The van der Waals surface area contributed by atoms with Crippen molar-refractivity contribution in [3.8, 4) is 12.3 Å². The van der Waals surface area contributed by atoms with Crippen LogP contribution in [0.1, 0.15) is 0 Å². The minimum Gasteiger partial charge on any atom is -0.388 e. The number of aliphatic hydroxyl groups excluding tert-OH is 4. The van der Waals surface area contributed by atoms with Crippen molar-refractivity contribution < 1.29 is 44.5 Å². The van der Waals surface area contributed by atoms with Crippen LogP contribution in [0.25, 0.3) is 0 Å². The first-order valence-corrected chi connectivity index (χ1v) is 6.48. The lowest BCUT2D eigenvalue weighted by Crippen LogP contribution is -2.45. The number of ether oxygens (including phenoxy) is 1. The summed E-state index contributed by atoms with van der Waals surface area (Å²) in [6, 6.07) is 0. The summed E-state index contributed by atoms with van der Waals surface area (Å²) in [6.07, 6.45) is 0.0185. The number of hydrogen-bond acceptors (Lipinski definition) is 9. The van der Waals surface area contributed by atoms with Crippen molar-refractivity contribution >= 4 is 8.60 Å². The van der Waals surface area contributed by atoms with Crippen LogP contribution in [0.15, 0.2) is 12.3 Å². The van der Waals surface area contributed by atoms with Crippen LogP contribution < -0.4 is 0 Å². The van der Waals surface area contributed by atoms with E-state index in [0.29, 0.717) is 0 Å². The Labute approximate surface area is 116 Å². The van der Waals surface area contributed by atoms with Gasteiger partial charge in [-0.2, -0.15) is 0 Å². The smallest absolute Gasteiger partial charge is 0.370 e. The number of rotatable bonds is 10. The number of aliphatic hydroxyl groups is 4. The van der Waals surface area contributed by atoms with Crippen molar-refractivity contribution in [3.05, 3.63) is 12.3 Å². The molecule has 0 radical (unpaired) electrons. The maximum atomic E-state index is 9.53. The highest BCUT2D eigenvalue weighted by Gasteiger charge is 2.29. The molecule has 0 aromatic heterocycles. The fraction of sp³-hybridized carbons (Fsp3) is 0.600. The highest BCUT2D eigenvalue weighted by atomic mass is 31.2. The molecule has 0 spiro atoms. The fourth-order valence-corrected chi connectivity index (χ4v) is 1.18. The van der Waals surface area contributed by atoms with E-state index in [1.807, 2.05) is 0 Å². The average molecular weight is 312 g/mol. The van der Waals surface area contributed by atoms with Gasteiger partial charge in [0.1, 0.15) is 37.3 Å². The van der Waals surface area contributed by atoms with E-state index in [1.165, 1.54) is 0 Å². The lowest BCUT2D eigenvalue weighted by atomic mass is 10.0. The molecule has 20 heavy (non-hydrogen) atoms. The van der Waals surface area contributed by atoms with Gasteiger partial charge in [-0.25, -0.2) is 0 Å². The molecule has 116 valence electrons. The minimum absolute atomic E-state index is 0.0706. The van der Waals surface area contributed by atoms with E-state index in [9.17, 15) is 20.4 Å². The zero-order valence-corrected chi connectivity index (χ0v) is 11.2. The maximum Gasteiger partial charge on any atom is 0.370 e. The molecule has 0 aliphatic rings. The highest BCUT2D eigenvalue weighted by molar-refractivity contribution is 7.39. The lowest BCUT2D eigenvalue weighted by molar-refractivity contribution is -0.159. The van der Waals surface area contributed by atoms with Crippen LogP contribution >= 0.6 is 8.60 Å². The van der Waals surface area contributed by atoms with Gasteiger partial charge in [-0.15, -0.1) is 11.1 Å². The number of hydrogen-bond donors (Lipinski definition) is 6. The molecule has 0 aromatic carbocycles. The SMILES string of the molecule is C#CCOCC(O)C(O)C(O)[C@@H](O)/C=C/OOP(O)O. The van der Waals surface area contributed by atoms with Crippen LogP contribution in [0, 0.1) is 12.3 Å². The Morgan fingerprint density at radius 2 is 1.80 bits per heavy atom. The van der Waals surface area contributed by atoms with Gasteiger partial charge in [0.05, 0.1) is 6.61 Å². The van der Waals surface area contributed by atoms with Crippen LogP contribution in [0.3, 0.4) is 0 Å². The zero-order valence-electron chi connectivity index (χ0n) is 10.3. The number of terminal acetylenes is 1. The van der Waals surface area contributed by atoms with Gasteiger partial charge in [-0.3, -0.25) is 0 Å². The third-order valence-corrected chi connectivity index (χ3v) is 2.23. The summed E-state index contributed by atoms with van der Waals surface area (Å²) in [4.78, 5) is 20.8. The summed E-state index contributed by atoms with van der Waals surface area (Å²) in [5.41, 5.74) is 0. The Bertz CT molecular complexity index is 316. The first-order valence-electron chi connectivity index (χ1n) is 5.31. The molecule has 9 nitrogen and oxygen atoms in total. The third-order valence-electron chi connectivity index (χ3n) is 2.01. The van der Waals surface area contributed by atoms with Crippen LogP contribution in [-0.2, 0) is 14.3 Å². The Hall–Kier alpha value is -0.790. The summed E-state index contributed by atoms with van der Waals surface area (Å²) >= 11 is 0. The Morgan fingerprint density at radius 3 is 2.35 bits per heavy atom. The van der Waals surface area contributed by atoms with Crippen LogP contribution in [-0.4, -0.2) is 67.8 Å².